The number of hydrogen-bond acceptors (Lipinski definition) is 3. The fourth-order valence-electron chi connectivity index (χ4n) is 4.18. The van der Waals surface area contributed by atoms with Crippen LogP contribution >= 0.6 is 0 Å². The van der Waals surface area contributed by atoms with Gasteiger partial charge < -0.3 is 5.11 Å². The van der Waals surface area contributed by atoms with Gasteiger partial charge in [-0.1, -0.05) is 115 Å². The van der Waals surface area contributed by atoms with Crippen LogP contribution in [0.3, 0.4) is 0 Å². The summed E-state index contributed by atoms with van der Waals surface area (Å²) in [6.45, 7) is 4.39. The van der Waals surface area contributed by atoms with Crippen molar-refractivity contribution in [3.8, 4) is 5.75 Å². The summed E-state index contributed by atoms with van der Waals surface area (Å²) in [5.74, 6) is -0.0245. The molecule has 5 heteroatoms. The summed E-state index contributed by atoms with van der Waals surface area (Å²) in [5.41, 5.74) is 0.303. The maximum atomic E-state index is 13.4. The largest absolute Gasteiger partial charge is 0.506 e. The maximum absolute atomic E-state index is 13.4. The van der Waals surface area contributed by atoms with Crippen LogP contribution in [0.2, 0.25) is 0 Å². The summed E-state index contributed by atoms with van der Waals surface area (Å²) in [6, 6.07) is 10.9. The number of benzene rings is 2. The lowest BCUT2D eigenvalue weighted by Crippen LogP contribution is -2.28. The van der Waals surface area contributed by atoms with E-state index in [1.807, 2.05) is 30.3 Å². The van der Waals surface area contributed by atoms with Gasteiger partial charge in [0.25, 0.3) is 0 Å². The number of hydrogen-bond donors (Lipinski definition) is 2. The first-order valence-electron chi connectivity index (χ1n) is 12.2. The lowest BCUT2D eigenvalue weighted by atomic mass is 10.0. The molecule has 0 aromatic heterocycles. The SMILES string of the molecule is CCCCCCCCC(CCCCCCC)S(=O)(=O)Nc1c(O)ccc2ccccc12. The van der Waals surface area contributed by atoms with Crippen LogP contribution in [0.4, 0.5) is 5.69 Å². The molecule has 2 rings (SSSR count). The Morgan fingerprint density at radius 1 is 0.774 bits per heavy atom. The molecule has 1 atom stereocenters. The highest BCUT2D eigenvalue weighted by Gasteiger charge is 2.26. The summed E-state index contributed by atoms with van der Waals surface area (Å²) in [5, 5.41) is 11.6. The van der Waals surface area contributed by atoms with Crippen molar-refractivity contribution < 1.29 is 13.5 Å². The molecule has 0 fully saturated rings. The van der Waals surface area contributed by atoms with Gasteiger partial charge in [-0.15, -0.1) is 0 Å². The Hall–Kier alpha value is -1.75. The smallest absolute Gasteiger partial charge is 0.235 e. The molecular formula is C26H41NO3S. The van der Waals surface area contributed by atoms with Gasteiger partial charge in [-0.05, 0) is 24.3 Å². The molecule has 2 N–H and O–H groups in total. The Balaban J connectivity index is 2.09. The number of unbranched alkanes of at least 4 members (excludes halogenated alkanes) is 9. The zero-order valence-corrected chi connectivity index (χ0v) is 20.2. The van der Waals surface area contributed by atoms with Crippen LogP contribution in [-0.2, 0) is 10.0 Å². The molecule has 0 bridgehead atoms. The third-order valence-corrected chi connectivity index (χ3v) is 7.94. The van der Waals surface area contributed by atoms with E-state index >= 15 is 0 Å². The second-order valence-corrected chi connectivity index (χ2v) is 10.7. The van der Waals surface area contributed by atoms with Crippen LogP contribution in [0, 0.1) is 0 Å². The zero-order valence-electron chi connectivity index (χ0n) is 19.4. The average Bonchev–Trinajstić information content (AvgIpc) is 2.76. The number of nitrogens with one attached hydrogen (secondary N) is 1. The first-order valence-corrected chi connectivity index (χ1v) is 13.8. The molecule has 0 amide bonds. The van der Waals surface area contributed by atoms with E-state index in [1.54, 1.807) is 6.07 Å². The normalized spacial score (nSPS) is 12.8. The van der Waals surface area contributed by atoms with E-state index in [1.165, 1.54) is 38.5 Å². The Morgan fingerprint density at radius 2 is 1.32 bits per heavy atom. The van der Waals surface area contributed by atoms with E-state index in [2.05, 4.69) is 18.6 Å². The predicted octanol–water partition coefficient (Wildman–Crippen LogP) is 7.77. The first-order chi connectivity index (χ1) is 15.0. The van der Waals surface area contributed by atoms with Gasteiger partial charge in [0, 0.05) is 5.39 Å². The van der Waals surface area contributed by atoms with Crippen molar-refractivity contribution in [3.63, 3.8) is 0 Å². The van der Waals surface area contributed by atoms with Gasteiger partial charge in [0.1, 0.15) is 5.75 Å². The molecule has 31 heavy (non-hydrogen) atoms. The van der Waals surface area contributed by atoms with Gasteiger partial charge in [-0.2, -0.15) is 0 Å². The van der Waals surface area contributed by atoms with Crippen molar-refractivity contribution >= 4 is 26.5 Å². The van der Waals surface area contributed by atoms with E-state index in [0.29, 0.717) is 18.5 Å². The van der Waals surface area contributed by atoms with Crippen molar-refractivity contribution in [1.82, 2.24) is 0 Å². The van der Waals surface area contributed by atoms with Gasteiger partial charge in [0.05, 0.1) is 10.9 Å². The third-order valence-electron chi connectivity index (χ3n) is 6.10. The summed E-state index contributed by atoms with van der Waals surface area (Å²) in [7, 11) is -3.59. The topological polar surface area (TPSA) is 66.4 Å². The van der Waals surface area contributed by atoms with Crippen molar-refractivity contribution in [3.05, 3.63) is 36.4 Å². The number of anilines is 1. The number of phenolic OH excluding ortho intramolecular Hbond substituents is 1. The van der Waals surface area contributed by atoms with Gasteiger partial charge >= 0.3 is 0 Å². The van der Waals surface area contributed by atoms with Crippen LogP contribution in [0.25, 0.3) is 10.8 Å². The van der Waals surface area contributed by atoms with E-state index < -0.39 is 15.3 Å². The molecule has 0 radical (unpaired) electrons. The molecule has 0 aliphatic rings. The van der Waals surface area contributed by atoms with Gasteiger partial charge in [0.2, 0.25) is 10.0 Å². The minimum Gasteiger partial charge on any atom is -0.506 e. The van der Waals surface area contributed by atoms with Crippen LogP contribution in [0.1, 0.15) is 97.3 Å². The molecule has 174 valence electrons. The third kappa shape index (κ3) is 8.36. The van der Waals surface area contributed by atoms with Crippen LogP contribution in [-0.4, -0.2) is 18.8 Å². The second kappa shape index (κ2) is 13.6. The van der Waals surface area contributed by atoms with Crippen LogP contribution in [0.5, 0.6) is 5.75 Å². The Kier molecular flexibility index (Phi) is 11.2. The number of fused-ring (bicyclic) bond motifs is 1. The van der Waals surface area contributed by atoms with E-state index in [9.17, 15) is 13.5 Å². The summed E-state index contributed by atoms with van der Waals surface area (Å²) < 4.78 is 29.5. The molecule has 0 saturated heterocycles. The van der Waals surface area contributed by atoms with E-state index in [-0.39, 0.29) is 5.75 Å². The number of aromatic hydroxyl groups is 1. The predicted molar refractivity (Wildman–Crippen MR) is 133 cm³/mol. The Bertz CT molecular complexity index is 879. The molecule has 2 aromatic rings. The fraction of sp³-hybridized carbons (Fsp3) is 0.615. The van der Waals surface area contributed by atoms with Gasteiger partial charge in [0.15, 0.2) is 0 Å². The molecule has 2 aromatic carbocycles. The Morgan fingerprint density at radius 3 is 1.94 bits per heavy atom. The minimum atomic E-state index is -3.59. The van der Waals surface area contributed by atoms with Crippen molar-refractivity contribution in [2.75, 3.05) is 4.72 Å². The molecule has 0 heterocycles. The maximum Gasteiger partial charge on any atom is 0.235 e. The highest BCUT2D eigenvalue weighted by Crippen LogP contribution is 2.34. The fourth-order valence-corrected chi connectivity index (χ4v) is 5.80. The number of rotatable bonds is 16. The summed E-state index contributed by atoms with van der Waals surface area (Å²) >= 11 is 0. The zero-order chi connectivity index (χ0) is 22.5. The van der Waals surface area contributed by atoms with Crippen LogP contribution < -0.4 is 4.72 Å². The average molecular weight is 448 g/mol. The van der Waals surface area contributed by atoms with Gasteiger partial charge in [-0.3, -0.25) is 4.72 Å². The Labute approximate surface area is 189 Å². The van der Waals surface area contributed by atoms with E-state index in [4.69, 9.17) is 0 Å². The molecule has 4 nitrogen and oxygen atoms in total. The highest BCUT2D eigenvalue weighted by atomic mass is 32.2. The standard InChI is InChI=1S/C26H41NO3S/c1-3-5-7-9-11-13-18-23(17-12-10-8-6-4-2)31(29,30)27-26-24-19-15-14-16-22(24)20-21-25(26)28/h14-16,19-21,23,27-28H,3-13,17-18H2,1-2H3. The van der Waals surface area contributed by atoms with Crippen molar-refractivity contribution in [1.29, 1.82) is 0 Å². The molecule has 0 aliphatic heterocycles. The molecular weight excluding hydrogens is 406 g/mol. The second-order valence-electron chi connectivity index (χ2n) is 8.71. The van der Waals surface area contributed by atoms with E-state index in [0.717, 1.165) is 42.9 Å². The molecule has 1 unspecified atom stereocenters. The lowest BCUT2D eigenvalue weighted by molar-refractivity contribution is 0.478. The summed E-state index contributed by atoms with van der Waals surface area (Å²) in [4.78, 5) is 0. The monoisotopic (exact) mass is 447 g/mol. The van der Waals surface area contributed by atoms with Crippen LogP contribution in [0.15, 0.2) is 36.4 Å². The first kappa shape index (κ1) is 25.5. The molecule has 0 aliphatic carbocycles. The highest BCUT2D eigenvalue weighted by molar-refractivity contribution is 7.93. The number of phenols is 1. The van der Waals surface area contributed by atoms with Gasteiger partial charge in [-0.25, -0.2) is 8.42 Å². The molecule has 0 saturated carbocycles. The molecule has 0 spiro atoms. The number of sulfonamides is 1. The lowest BCUT2D eigenvalue weighted by Gasteiger charge is -2.20. The minimum absolute atomic E-state index is 0.0245. The van der Waals surface area contributed by atoms with Crippen molar-refractivity contribution in [2.24, 2.45) is 0 Å². The summed E-state index contributed by atoms with van der Waals surface area (Å²) in [6.07, 6.45) is 13.8. The quantitative estimate of drug-likeness (QED) is 0.204. The van der Waals surface area contributed by atoms with Crippen molar-refractivity contribution in [2.45, 2.75) is 103 Å².